The Kier molecular flexibility index (Phi) is 4.07. The highest BCUT2D eigenvalue weighted by molar-refractivity contribution is 6.32. The predicted octanol–water partition coefficient (Wildman–Crippen LogP) is 2.78. The van der Waals surface area contributed by atoms with Crippen molar-refractivity contribution in [2.24, 2.45) is 0 Å². The first kappa shape index (κ1) is 12.3. The van der Waals surface area contributed by atoms with E-state index in [1.54, 1.807) is 6.92 Å². The van der Waals surface area contributed by atoms with E-state index in [1.807, 2.05) is 0 Å². The third-order valence-corrected chi connectivity index (χ3v) is 1.88. The summed E-state index contributed by atoms with van der Waals surface area (Å²) < 4.78 is 9.23. The van der Waals surface area contributed by atoms with Crippen LogP contribution in [0.2, 0.25) is 5.02 Å². The van der Waals surface area contributed by atoms with Crippen molar-refractivity contribution >= 4 is 23.4 Å². The third kappa shape index (κ3) is 3.09. The normalized spacial score (nSPS) is 9.62. The molecule has 0 aliphatic rings. The van der Waals surface area contributed by atoms with Crippen LogP contribution in [0.5, 0.6) is 5.75 Å². The fraction of sp³-hybridized carbons (Fsp3) is 0.222. The molecular weight excluding hydrogens is 238 g/mol. The minimum absolute atomic E-state index is 0.0192. The lowest BCUT2D eigenvalue weighted by Gasteiger charge is -2.05. The average molecular weight is 246 g/mol. The van der Waals surface area contributed by atoms with Gasteiger partial charge in [-0.3, -0.25) is 10.1 Å². The smallest absolute Gasteiger partial charge is 0.434 e. The summed E-state index contributed by atoms with van der Waals surface area (Å²) in [4.78, 5) is 20.8. The molecule has 6 nitrogen and oxygen atoms in total. The molecule has 0 aliphatic carbocycles. The van der Waals surface area contributed by atoms with E-state index in [0.717, 1.165) is 6.07 Å². The summed E-state index contributed by atoms with van der Waals surface area (Å²) in [7, 11) is 0. The number of rotatable bonds is 3. The highest BCUT2D eigenvalue weighted by Crippen LogP contribution is 2.28. The minimum Gasteiger partial charge on any atom is -0.434 e. The topological polar surface area (TPSA) is 78.7 Å². The highest BCUT2D eigenvalue weighted by atomic mass is 35.5. The van der Waals surface area contributed by atoms with Crippen molar-refractivity contribution in [3.63, 3.8) is 0 Å². The molecule has 1 aromatic carbocycles. The lowest BCUT2D eigenvalue weighted by Crippen LogP contribution is -2.10. The minimum atomic E-state index is -0.904. The number of carbonyl (C=O) groups excluding carboxylic acids is 1. The molecule has 1 rings (SSSR count). The summed E-state index contributed by atoms with van der Waals surface area (Å²) in [5, 5.41) is 10.4. The van der Waals surface area contributed by atoms with E-state index in [1.165, 1.54) is 12.1 Å². The van der Waals surface area contributed by atoms with Gasteiger partial charge in [0.2, 0.25) is 0 Å². The summed E-state index contributed by atoms with van der Waals surface area (Å²) in [6, 6.07) is 3.51. The van der Waals surface area contributed by atoms with Crippen LogP contribution in [0.15, 0.2) is 18.2 Å². The zero-order valence-corrected chi connectivity index (χ0v) is 9.06. The summed E-state index contributed by atoms with van der Waals surface area (Å²) in [6.07, 6.45) is -0.904. The maximum atomic E-state index is 10.9. The van der Waals surface area contributed by atoms with Crippen LogP contribution < -0.4 is 4.74 Å². The van der Waals surface area contributed by atoms with Crippen LogP contribution in [0.1, 0.15) is 6.92 Å². The molecule has 7 heteroatoms. The number of nitrogens with zero attached hydrogens (tertiary/aromatic N) is 1. The van der Waals surface area contributed by atoms with Gasteiger partial charge in [0, 0.05) is 12.1 Å². The first-order chi connectivity index (χ1) is 7.54. The largest absolute Gasteiger partial charge is 0.513 e. The molecule has 0 atom stereocenters. The Bertz CT molecular complexity index is 420. The number of hydrogen-bond donors (Lipinski definition) is 0. The van der Waals surface area contributed by atoms with Crippen molar-refractivity contribution in [2.75, 3.05) is 6.61 Å². The predicted molar refractivity (Wildman–Crippen MR) is 55.8 cm³/mol. The monoisotopic (exact) mass is 245 g/mol. The molecule has 0 bridgehead atoms. The lowest BCUT2D eigenvalue weighted by molar-refractivity contribution is -0.384. The van der Waals surface area contributed by atoms with Crippen LogP contribution >= 0.6 is 11.6 Å². The third-order valence-electron chi connectivity index (χ3n) is 1.58. The number of carbonyl (C=O) groups is 1. The highest BCUT2D eigenvalue weighted by Gasteiger charge is 2.13. The quantitative estimate of drug-likeness (QED) is 0.354. The summed E-state index contributed by atoms with van der Waals surface area (Å²) in [6.45, 7) is 1.79. The van der Waals surface area contributed by atoms with E-state index in [-0.39, 0.29) is 23.1 Å². The van der Waals surface area contributed by atoms with Crippen molar-refractivity contribution in [1.29, 1.82) is 0 Å². The maximum absolute atomic E-state index is 10.9. The Morgan fingerprint density at radius 3 is 2.75 bits per heavy atom. The fourth-order valence-electron chi connectivity index (χ4n) is 0.923. The first-order valence-corrected chi connectivity index (χ1v) is 4.71. The standard InChI is InChI=1S/C9H8ClNO5/c1-2-15-9(12)16-8-4-3-6(11(13)14)5-7(8)10/h3-5H,2H2,1H3. The second-order valence-corrected chi connectivity index (χ2v) is 3.06. The number of halogens is 1. The van der Waals surface area contributed by atoms with Crippen molar-refractivity contribution in [1.82, 2.24) is 0 Å². The number of nitro groups is 1. The number of nitro benzene ring substituents is 1. The molecule has 86 valence electrons. The van der Waals surface area contributed by atoms with Gasteiger partial charge in [-0.05, 0) is 13.0 Å². The van der Waals surface area contributed by atoms with Crippen LogP contribution in [0.3, 0.4) is 0 Å². The molecular formula is C9H8ClNO5. The molecule has 16 heavy (non-hydrogen) atoms. The Labute approximate surface area is 95.9 Å². The van der Waals surface area contributed by atoms with Gasteiger partial charge in [-0.1, -0.05) is 11.6 Å². The molecule has 0 N–H and O–H groups in total. The number of hydrogen-bond acceptors (Lipinski definition) is 5. The van der Waals surface area contributed by atoms with Crippen molar-refractivity contribution in [3.8, 4) is 5.75 Å². The molecule has 0 saturated carbocycles. The average Bonchev–Trinajstić information content (AvgIpc) is 2.21. The summed E-state index contributed by atoms with van der Waals surface area (Å²) >= 11 is 5.68. The molecule has 0 fully saturated rings. The van der Waals surface area contributed by atoms with Crippen molar-refractivity contribution < 1.29 is 19.2 Å². The second kappa shape index (κ2) is 5.32. The first-order valence-electron chi connectivity index (χ1n) is 4.33. The van der Waals surface area contributed by atoms with Gasteiger partial charge in [-0.25, -0.2) is 4.79 Å². The van der Waals surface area contributed by atoms with Crippen LogP contribution in [0, 0.1) is 10.1 Å². The van der Waals surface area contributed by atoms with Gasteiger partial charge in [0.25, 0.3) is 5.69 Å². The Morgan fingerprint density at radius 1 is 1.56 bits per heavy atom. The molecule has 0 spiro atoms. The van der Waals surface area contributed by atoms with E-state index in [4.69, 9.17) is 16.3 Å². The summed E-state index contributed by atoms with van der Waals surface area (Å²) in [5.41, 5.74) is -0.179. The summed E-state index contributed by atoms with van der Waals surface area (Å²) in [5.74, 6) is 0.0192. The number of non-ortho nitro benzene ring substituents is 1. The molecule has 0 unspecified atom stereocenters. The van der Waals surface area contributed by atoms with Gasteiger partial charge < -0.3 is 9.47 Å². The van der Waals surface area contributed by atoms with Gasteiger partial charge >= 0.3 is 6.16 Å². The lowest BCUT2D eigenvalue weighted by atomic mass is 10.3. The molecule has 0 saturated heterocycles. The SMILES string of the molecule is CCOC(=O)Oc1ccc([N+](=O)[O-])cc1Cl. The van der Waals surface area contributed by atoms with E-state index < -0.39 is 11.1 Å². The van der Waals surface area contributed by atoms with Crippen LogP contribution in [0.25, 0.3) is 0 Å². The second-order valence-electron chi connectivity index (χ2n) is 2.66. The zero-order chi connectivity index (χ0) is 12.1. The Hall–Kier alpha value is -1.82. The molecule has 0 aliphatic heterocycles. The van der Waals surface area contributed by atoms with E-state index >= 15 is 0 Å². The zero-order valence-electron chi connectivity index (χ0n) is 8.31. The number of benzene rings is 1. The van der Waals surface area contributed by atoms with Crippen molar-refractivity contribution in [3.05, 3.63) is 33.3 Å². The van der Waals surface area contributed by atoms with E-state index in [0.29, 0.717) is 0 Å². The van der Waals surface area contributed by atoms with Gasteiger partial charge in [-0.2, -0.15) is 0 Å². The maximum Gasteiger partial charge on any atom is 0.513 e. The number of ether oxygens (including phenoxy) is 2. The molecule has 1 aromatic rings. The van der Waals surface area contributed by atoms with Gasteiger partial charge in [0.05, 0.1) is 16.6 Å². The molecule has 0 heterocycles. The molecule has 0 radical (unpaired) electrons. The molecule has 0 aromatic heterocycles. The van der Waals surface area contributed by atoms with Crippen LogP contribution in [0.4, 0.5) is 10.5 Å². The van der Waals surface area contributed by atoms with Gasteiger partial charge in [-0.15, -0.1) is 0 Å². The van der Waals surface area contributed by atoms with Crippen molar-refractivity contribution in [2.45, 2.75) is 6.92 Å². The Morgan fingerprint density at radius 2 is 2.25 bits per heavy atom. The van der Waals surface area contributed by atoms with E-state index in [2.05, 4.69) is 4.74 Å². The molecule has 0 amide bonds. The van der Waals surface area contributed by atoms with Gasteiger partial charge in [0.1, 0.15) is 0 Å². The van der Waals surface area contributed by atoms with Crippen LogP contribution in [-0.4, -0.2) is 17.7 Å². The van der Waals surface area contributed by atoms with Gasteiger partial charge in [0.15, 0.2) is 5.75 Å². The van der Waals surface area contributed by atoms with E-state index in [9.17, 15) is 14.9 Å². The Balaban J connectivity index is 2.83. The fourth-order valence-corrected chi connectivity index (χ4v) is 1.14. The van der Waals surface area contributed by atoms with Crippen LogP contribution in [-0.2, 0) is 4.74 Å².